The molecule has 30 heavy (non-hydrogen) atoms. The lowest BCUT2D eigenvalue weighted by molar-refractivity contribution is -0.117. The van der Waals surface area contributed by atoms with Gasteiger partial charge in [-0.3, -0.25) is 15.0 Å². The lowest BCUT2D eigenvalue weighted by Crippen LogP contribution is -2.29. The van der Waals surface area contributed by atoms with Crippen LogP contribution in [0.25, 0.3) is 4.91 Å². The number of fused-ring (bicyclic) bond motifs is 1. The van der Waals surface area contributed by atoms with E-state index >= 15 is 0 Å². The number of amides is 2. The van der Waals surface area contributed by atoms with E-state index in [-0.39, 0.29) is 23.8 Å². The average Bonchev–Trinajstić information content (AvgIpc) is 3.54. The van der Waals surface area contributed by atoms with Gasteiger partial charge in [0.15, 0.2) is 0 Å². The van der Waals surface area contributed by atoms with Crippen molar-refractivity contribution in [3.63, 3.8) is 0 Å². The van der Waals surface area contributed by atoms with E-state index in [1.807, 2.05) is 55.5 Å². The molecule has 2 amide bonds. The molecular weight excluding hydrogens is 396 g/mol. The normalized spacial score (nSPS) is 22.6. The van der Waals surface area contributed by atoms with Gasteiger partial charge in [0, 0.05) is 32.7 Å². The molecule has 6 nitrogen and oxygen atoms in total. The van der Waals surface area contributed by atoms with Crippen LogP contribution in [0.1, 0.15) is 25.3 Å². The molecule has 5 rings (SSSR count). The Bertz CT molecular complexity index is 1090. The maximum absolute atomic E-state index is 12.3. The number of para-hydroxylation sites is 1. The molecule has 1 atom stereocenters. The molecule has 1 aliphatic carbocycles. The number of carbonyl (C=O) groups excluding carboxylic acids is 2. The third-order valence-electron chi connectivity index (χ3n) is 5.41. The molecule has 2 aliphatic heterocycles. The van der Waals surface area contributed by atoms with Crippen LogP contribution >= 0.6 is 11.8 Å². The molecule has 0 spiro atoms. The van der Waals surface area contributed by atoms with E-state index in [4.69, 9.17) is 0 Å². The Morgan fingerprint density at radius 1 is 1.10 bits per heavy atom. The molecule has 2 aromatic rings. The van der Waals surface area contributed by atoms with Crippen LogP contribution in [0.4, 0.5) is 11.4 Å². The predicted octanol–water partition coefficient (Wildman–Crippen LogP) is 3.87. The maximum Gasteiger partial charge on any atom is 0.265 e. The van der Waals surface area contributed by atoms with Crippen LogP contribution in [0.5, 0.6) is 0 Å². The molecule has 0 radical (unpaired) electrons. The Morgan fingerprint density at radius 3 is 2.57 bits per heavy atom. The second kappa shape index (κ2) is 7.66. The second-order valence-electron chi connectivity index (χ2n) is 7.72. The van der Waals surface area contributed by atoms with Gasteiger partial charge in [0.05, 0.1) is 17.3 Å². The smallest absolute Gasteiger partial charge is 0.265 e. The van der Waals surface area contributed by atoms with Crippen LogP contribution < -0.4 is 21.5 Å². The Labute approximate surface area is 179 Å². The fourth-order valence-corrected chi connectivity index (χ4v) is 4.61. The monoisotopic (exact) mass is 418 g/mol. The summed E-state index contributed by atoms with van der Waals surface area (Å²) in [6.07, 6.45) is 4.02. The van der Waals surface area contributed by atoms with Crippen molar-refractivity contribution in [3.05, 3.63) is 71.4 Å². The summed E-state index contributed by atoms with van der Waals surface area (Å²) in [5, 5.41) is 6.38. The quantitative estimate of drug-likeness (QED) is 0.567. The standard InChI is InChI=1S/C23H22N4O2S/c1-13-21(23(29)27-26-13)19-12-20(17-4-2-3-5-18(17)25-19)30-16-10-8-15(9-11-16)24-22(28)14-6-7-14/h2-5,8-14,25-26H,6-7H2,1H3,(H,24,28)(H,27,29)/b21-19-. The first-order chi connectivity index (χ1) is 14.6. The molecule has 7 heteroatoms. The van der Waals surface area contributed by atoms with E-state index in [0.717, 1.165) is 45.3 Å². The molecule has 1 saturated carbocycles. The van der Waals surface area contributed by atoms with E-state index in [2.05, 4.69) is 27.6 Å². The van der Waals surface area contributed by atoms with Crippen molar-refractivity contribution in [2.24, 2.45) is 5.92 Å². The van der Waals surface area contributed by atoms with Crippen molar-refractivity contribution in [1.82, 2.24) is 10.9 Å². The maximum atomic E-state index is 12.3. The van der Waals surface area contributed by atoms with Gasteiger partial charge in [-0.2, -0.15) is 0 Å². The van der Waals surface area contributed by atoms with Gasteiger partial charge in [0.1, 0.15) is 0 Å². The van der Waals surface area contributed by atoms with Crippen LogP contribution in [0.15, 0.2) is 70.8 Å². The number of allylic oxidation sites excluding steroid dienone is 1. The lowest BCUT2D eigenvalue weighted by atomic mass is 10.0. The first-order valence-electron chi connectivity index (χ1n) is 10.1. The molecule has 1 unspecified atom stereocenters. The highest BCUT2D eigenvalue weighted by Crippen LogP contribution is 2.42. The third kappa shape index (κ3) is 3.74. The Balaban J connectivity index is 1.43. The minimum absolute atomic E-state index is 0.0814. The van der Waals surface area contributed by atoms with Crippen LogP contribution in [0.2, 0.25) is 0 Å². The number of hydrogen-bond donors (Lipinski definition) is 4. The largest absolute Gasteiger partial charge is 0.355 e. The number of benzene rings is 2. The molecule has 4 N–H and O–H groups in total. The van der Waals surface area contributed by atoms with E-state index in [1.54, 1.807) is 11.8 Å². The molecule has 2 fully saturated rings. The summed E-state index contributed by atoms with van der Waals surface area (Å²) >= 11 is 1.64. The summed E-state index contributed by atoms with van der Waals surface area (Å²) in [5.74, 6) is 0.187. The van der Waals surface area contributed by atoms with Gasteiger partial charge in [0.25, 0.3) is 5.91 Å². The fraction of sp³-hybridized carbons (Fsp3) is 0.217. The molecule has 3 aliphatic rings. The van der Waals surface area contributed by atoms with Crippen molar-refractivity contribution in [2.45, 2.75) is 30.7 Å². The first kappa shape index (κ1) is 19.0. The minimum Gasteiger partial charge on any atom is -0.355 e. The topological polar surface area (TPSA) is 82.3 Å². The van der Waals surface area contributed by atoms with Crippen molar-refractivity contribution < 1.29 is 9.59 Å². The van der Waals surface area contributed by atoms with Gasteiger partial charge >= 0.3 is 0 Å². The second-order valence-corrected chi connectivity index (χ2v) is 8.83. The summed E-state index contributed by atoms with van der Waals surface area (Å²) in [5.41, 5.74) is 10.0. The lowest BCUT2D eigenvalue weighted by Gasteiger charge is -2.23. The van der Waals surface area contributed by atoms with Gasteiger partial charge in [-0.25, -0.2) is 5.43 Å². The highest BCUT2D eigenvalue weighted by molar-refractivity contribution is 8.08. The summed E-state index contributed by atoms with van der Waals surface area (Å²) < 4.78 is 0. The molecule has 1 saturated heterocycles. The fourth-order valence-electron chi connectivity index (χ4n) is 3.62. The van der Waals surface area contributed by atoms with Crippen LogP contribution in [0, 0.1) is 5.92 Å². The number of carbonyl (C=O) groups is 2. The van der Waals surface area contributed by atoms with E-state index < -0.39 is 0 Å². The molecular formula is C23H22N4O2S. The van der Waals surface area contributed by atoms with Crippen LogP contribution in [0.3, 0.4) is 0 Å². The molecule has 2 heterocycles. The molecule has 2 aromatic carbocycles. The van der Waals surface area contributed by atoms with Gasteiger partial charge in [0.2, 0.25) is 5.91 Å². The van der Waals surface area contributed by atoms with Crippen molar-refractivity contribution >= 4 is 39.9 Å². The van der Waals surface area contributed by atoms with Gasteiger partial charge in [-0.05, 0) is 56.2 Å². The van der Waals surface area contributed by atoms with Gasteiger partial charge < -0.3 is 10.6 Å². The average molecular weight is 419 g/mol. The summed E-state index contributed by atoms with van der Waals surface area (Å²) in [6, 6.07) is 15.9. The minimum atomic E-state index is -0.110. The number of anilines is 2. The molecule has 0 aromatic heterocycles. The number of rotatable bonds is 4. The molecule has 152 valence electrons. The van der Waals surface area contributed by atoms with Crippen molar-refractivity contribution in [3.8, 4) is 0 Å². The zero-order valence-corrected chi connectivity index (χ0v) is 17.3. The highest BCUT2D eigenvalue weighted by atomic mass is 32.2. The number of hydrogen-bond acceptors (Lipinski definition) is 5. The Morgan fingerprint density at radius 2 is 1.87 bits per heavy atom. The van der Waals surface area contributed by atoms with E-state index in [1.165, 1.54) is 0 Å². The molecule has 0 bridgehead atoms. The SMILES string of the molecule is CC1NNC(=O)/C1=C1/C=C(Sc2ccc(NC(=O)C3CC3)cc2)c2ccccc2N1. The summed E-state index contributed by atoms with van der Waals surface area (Å²) in [6.45, 7) is 1.96. The van der Waals surface area contributed by atoms with E-state index in [0.29, 0.717) is 5.57 Å². The zero-order chi connectivity index (χ0) is 20.7. The zero-order valence-electron chi connectivity index (χ0n) is 16.5. The van der Waals surface area contributed by atoms with E-state index in [9.17, 15) is 9.59 Å². The number of thioether (sulfide) groups is 1. The first-order valence-corrected chi connectivity index (χ1v) is 10.9. The van der Waals surface area contributed by atoms with Crippen LogP contribution in [-0.4, -0.2) is 17.9 Å². The Kier molecular flexibility index (Phi) is 4.84. The summed E-state index contributed by atoms with van der Waals surface area (Å²) in [7, 11) is 0. The Hall–Kier alpha value is -3.03. The van der Waals surface area contributed by atoms with Crippen molar-refractivity contribution in [1.29, 1.82) is 0 Å². The third-order valence-corrected chi connectivity index (χ3v) is 6.47. The van der Waals surface area contributed by atoms with Gasteiger partial charge in [-0.1, -0.05) is 30.0 Å². The number of hydrazine groups is 1. The highest BCUT2D eigenvalue weighted by Gasteiger charge is 2.30. The van der Waals surface area contributed by atoms with Crippen molar-refractivity contribution in [2.75, 3.05) is 10.6 Å². The predicted molar refractivity (Wildman–Crippen MR) is 119 cm³/mol. The summed E-state index contributed by atoms with van der Waals surface area (Å²) in [4.78, 5) is 26.4. The number of nitrogens with one attached hydrogen (secondary N) is 4. The van der Waals surface area contributed by atoms with Crippen LogP contribution in [-0.2, 0) is 9.59 Å². The van der Waals surface area contributed by atoms with Gasteiger partial charge in [-0.15, -0.1) is 0 Å².